The minimum Gasteiger partial charge on any atom is -0.467 e. The molecule has 6 nitrogen and oxygen atoms in total. The molecule has 1 unspecified atom stereocenters. The van der Waals surface area contributed by atoms with Crippen LogP contribution in [-0.2, 0) is 0 Å². The van der Waals surface area contributed by atoms with Crippen LogP contribution in [0.3, 0.4) is 0 Å². The zero-order valence-electron chi connectivity index (χ0n) is 11.6. The van der Waals surface area contributed by atoms with Gasteiger partial charge in [-0.1, -0.05) is 19.0 Å². The molecule has 1 amide bonds. The molecule has 102 valence electrons. The number of rotatable bonds is 6. The summed E-state index contributed by atoms with van der Waals surface area (Å²) in [6.45, 7) is 4.81. The number of ether oxygens (including phenoxy) is 1. The number of nitrogens with zero attached hydrogens (tertiary/aromatic N) is 2. The Kier molecular flexibility index (Phi) is 5.15. The second kappa shape index (κ2) is 6.39. The normalized spacial score (nSPS) is 12.8. The van der Waals surface area contributed by atoms with Crippen LogP contribution in [0, 0.1) is 5.92 Å². The van der Waals surface area contributed by atoms with Gasteiger partial charge in [-0.2, -0.15) is 0 Å². The van der Waals surface area contributed by atoms with E-state index in [0.717, 1.165) is 0 Å². The van der Waals surface area contributed by atoms with E-state index in [2.05, 4.69) is 29.2 Å². The van der Waals surface area contributed by atoms with Crippen LogP contribution >= 0.6 is 0 Å². The highest BCUT2D eigenvalue weighted by molar-refractivity contribution is 5.92. The lowest BCUT2D eigenvalue weighted by molar-refractivity contribution is 0.0925. The number of hydrogen-bond donors (Lipinski definition) is 1. The Bertz CT molecular complexity index is 380. The molecule has 1 rings (SSSR count). The van der Waals surface area contributed by atoms with Gasteiger partial charge in [-0.25, -0.2) is 0 Å². The first-order valence-corrected chi connectivity index (χ1v) is 5.91. The predicted octanol–water partition coefficient (Wildman–Crippen LogP) is 0.999. The van der Waals surface area contributed by atoms with Gasteiger partial charge in [0.15, 0.2) is 5.69 Å². The van der Waals surface area contributed by atoms with Crippen molar-refractivity contribution in [3.63, 3.8) is 0 Å². The minimum atomic E-state index is -0.255. The Morgan fingerprint density at radius 1 is 1.56 bits per heavy atom. The zero-order chi connectivity index (χ0) is 13.7. The fraction of sp³-hybridized carbons (Fsp3) is 0.667. The molecule has 6 heteroatoms. The van der Waals surface area contributed by atoms with Crippen molar-refractivity contribution in [3.05, 3.63) is 11.8 Å². The summed E-state index contributed by atoms with van der Waals surface area (Å²) in [6, 6.07) is 1.75. The molecule has 1 aromatic heterocycles. The summed E-state index contributed by atoms with van der Waals surface area (Å²) in [4.78, 5) is 13.9. The van der Waals surface area contributed by atoms with Crippen molar-refractivity contribution in [3.8, 4) is 5.95 Å². The summed E-state index contributed by atoms with van der Waals surface area (Å²) >= 11 is 0. The van der Waals surface area contributed by atoms with E-state index in [1.54, 1.807) is 0 Å². The minimum absolute atomic E-state index is 0.230. The van der Waals surface area contributed by atoms with Crippen LogP contribution in [0.4, 0.5) is 0 Å². The van der Waals surface area contributed by atoms with E-state index in [-0.39, 0.29) is 23.6 Å². The number of carbonyl (C=O) groups is 1. The number of amides is 1. The van der Waals surface area contributed by atoms with E-state index in [4.69, 9.17) is 9.26 Å². The van der Waals surface area contributed by atoms with E-state index < -0.39 is 0 Å². The predicted molar refractivity (Wildman–Crippen MR) is 67.7 cm³/mol. The number of methoxy groups -OCH3 is 1. The van der Waals surface area contributed by atoms with Gasteiger partial charge >= 0.3 is 5.95 Å². The van der Waals surface area contributed by atoms with Crippen LogP contribution in [0.15, 0.2) is 10.6 Å². The van der Waals surface area contributed by atoms with Crippen LogP contribution in [0.5, 0.6) is 5.95 Å². The van der Waals surface area contributed by atoms with Crippen LogP contribution in [-0.4, -0.2) is 49.8 Å². The summed E-state index contributed by atoms with van der Waals surface area (Å²) in [7, 11) is 5.45. The van der Waals surface area contributed by atoms with Gasteiger partial charge in [0.05, 0.1) is 13.2 Å². The molecule has 0 saturated carbocycles. The molecule has 0 saturated heterocycles. The summed E-state index contributed by atoms with van der Waals surface area (Å²) in [5.74, 6) is 0.426. The molecule has 0 radical (unpaired) electrons. The van der Waals surface area contributed by atoms with E-state index in [0.29, 0.717) is 12.5 Å². The summed E-state index contributed by atoms with van der Waals surface area (Å²) in [5.41, 5.74) is 0.230. The van der Waals surface area contributed by atoms with Gasteiger partial charge in [0, 0.05) is 12.6 Å². The molecule has 1 heterocycles. The molecule has 1 aromatic rings. The largest absolute Gasteiger partial charge is 0.467 e. The molecular weight excluding hydrogens is 234 g/mol. The summed E-state index contributed by atoms with van der Waals surface area (Å²) in [5, 5.41) is 6.47. The van der Waals surface area contributed by atoms with Gasteiger partial charge in [-0.15, -0.1) is 0 Å². The Morgan fingerprint density at radius 2 is 2.22 bits per heavy atom. The van der Waals surface area contributed by atoms with Crippen molar-refractivity contribution in [2.24, 2.45) is 5.92 Å². The lowest BCUT2D eigenvalue weighted by atomic mass is 10.0. The molecule has 0 bridgehead atoms. The van der Waals surface area contributed by atoms with Gasteiger partial charge in [-0.3, -0.25) is 4.79 Å². The lowest BCUT2D eigenvalue weighted by Gasteiger charge is -2.27. The van der Waals surface area contributed by atoms with E-state index >= 15 is 0 Å². The zero-order valence-corrected chi connectivity index (χ0v) is 11.6. The third kappa shape index (κ3) is 3.73. The number of aromatic nitrogens is 1. The molecule has 0 aromatic carbocycles. The number of likely N-dealkylation sites (N-methyl/N-ethyl adjacent to an activating group) is 1. The Morgan fingerprint density at radius 3 is 2.67 bits per heavy atom. The number of hydrogen-bond acceptors (Lipinski definition) is 5. The first-order chi connectivity index (χ1) is 8.45. The smallest absolute Gasteiger partial charge is 0.311 e. The quantitative estimate of drug-likeness (QED) is 0.821. The summed E-state index contributed by atoms with van der Waals surface area (Å²) < 4.78 is 9.62. The highest BCUT2D eigenvalue weighted by atomic mass is 16.6. The van der Waals surface area contributed by atoms with Gasteiger partial charge in [0.2, 0.25) is 0 Å². The van der Waals surface area contributed by atoms with Crippen molar-refractivity contribution in [1.29, 1.82) is 0 Å². The summed E-state index contributed by atoms with van der Waals surface area (Å²) in [6.07, 6.45) is 0. The van der Waals surface area contributed by atoms with E-state index in [9.17, 15) is 4.79 Å². The third-order valence-corrected chi connectivity index (χ3v) is 2.83. The first kappa shape index (κ1) is 14.5. The van der Waals surface area contributed by atoms with Crippen LogP contribution in [0.1, 0.15) is 24.3 Å². The van der Waals surface area contributed by atoms with Crippen molar-refractivity contribution < 1.29 is 14.1 Å². The fourth-order valence-electron chi connectivity index (χ4n) is 1.76. The molecule has 1 atom stereocenters. The van der Waals surface area contributed by atoms with Crippen LogP contribution in [0.25, 0.3) is 0 Å². The van der Waals surface area contributed by atoms with Crippen LogP contribution in [0.2, 0.25) is 0 Å². The molecule has 0 aliphatic rings. The standard InChI is InChI=1S/C12H21N3O3/c1-8(2)10(15(3)4)7-13-12(16)9-6-11(17-5)18-14-9/h6,8,10H,7H2,1-5H3,(H,13,16). The molecule has 0 fully saturated rings. The Balaban J connectivity index is 2.54. The first-order valence-electron chi connectivity index (χ1n) is 5.91. The average molecular weight is 255 g/mol. The topological polar surface area (TPSA) is 67.6 Å². The van der Waals surface area contributed by atoms with Crippen molar-refractivity contribution in [2.75, 3.05) is 27.7 Å². The molecule has 0 spiro atoms. The second-order valence-corrected chi connectivity index (χ2v) is 4.72. The lowest BCUT2D eigenvalue weighted by Crippen LogP contribution is -2.43. The van der Waals surface area contributed by atoms with Crippen molar-refractivity contribution in [1.82, 2.24) is 15.4 Å². The highest BCUT2D eigenvalue weighted by Gasteiger charge is 2.18. The van der Waals surface area contributed by atoms with E-state index in [1.165, 1.54) is 13.2 Å². The monoisotopic (exact) mass is 255 g/mol. The van der Waals surface area contributed by atoms with Crippen LogP contribution < -0.4 is 10.1 Å². The third-order valence-electron chi connectivity index (χ3n) is 2.83. The Hall–Kier alpha value is -1.56. The maximum Gasteiger partial charge on any atom is 0.311 e. The Labute approximate surface area is 107 Å². The maximum absolute atomic E-state index is 11.8. The molecule has 0 aliphatic heterocycles. The molecule has 0 aliphatic carbocycles. The molecule has 1 N–H and O–H groups in total. The van der Waals surface area contributed by atoms with Gasteiger partial charge < -0.3 is 19.5 Å². The van der Waals surface area contributed by atoms with E-state index in [1.807, 2.05) is 14.1 Å². The number of nitrogens with one attached hydrogen (secondary N) is 1. The van der Waals surface area contributed by atoms with Gasteiger partial charge in [-0.05, 0) is 20.0 Å². The molecule has 18 heavy (non-hydrogen) atoms. The molecular formula is C12H21N3O3. The average Bonchev–Trinajstić information content (AvgIpc) is 2.76. The fourth-order valence-corrected chi connectivity index (χ4v) is 1.76. The van der Waals surface area contributed by atoms with Crippen molar-refractivity contribution in [2.45, 2.75) is 19.9 Å². The SMILES string of the molecule is COc1cc(C(=O)NCC(C(C)C)N(C)C)no1. The van der Waals surface area contributed by atoms with Gasteiger partial charge in [0.1, 0.15) is 0 Å². The maximum atomic E-state index is 11.8. The van der Waals surface area contributed by atoms with Gasteiger partial charge in [0.25, 0.3) is 5.91 Å². The number of carbonyl (C=O) groups excluding carboxylic acids is 1. The van der Waals surface area contributed by atoms with Crippen molar-refractivity contribution >= 4 is 5.91 Å². The second-order valence-electron chi connectivity index (χ2n) is 4.72. The highest BCUT2D eigenvalue weighted by Crippen LogP contribution is 2.11.